The van der Waals surface area contributed by atoms with Crippen LogP contribution in [0.2, 0.25) is 0 Å². The number of aryl methyl sites for hydroxylation is 1. The Kier molecular flexibility index (Phi) is 3.65. The van der Waals surface area contributed by atoms with Crippen molar-refractivity contribution in [3.63, 3.8) is 0 Å². The minimum atomic E-state index is -0.0783. The van der Waals surface area contributed by atoms with E-state index >= 15 is 0 Å². The minimum Gasteiger partial charge on any atom is -0.455 e. The average molecular weight is 417 g/mol. The van der Waals surface area contributed by atoms with Crippen molar-refractivity contribution >= 4 is 5.69 Å². The Morgan fingerprint density at radius 1 is 0.750 bits per heavy atom. The van der Waals surface area contributed by atoms with Gasteiger partial charge in [0.2, 0.25) is 0 Å². The number of hydrogen-bond donors (Lipinski definition) is 0. The van der Waals surface area contributed by atoms with E-state index < -0.39 is 0 Å². The molecule has 0 radical (unpaired) electrons. The molecule has 2 fully saturated rings. The summed E-state index contributed by atoms with van der Waals surface area (Å²) in [7, 11) is 0. The molecule has 0 amide bonds. The maximum atomic E-state index is 6.53. The molecule has 0 aliphatic carbocycles. The van der Waals surface area contributed by atoms with Gasteiger partial charge < -0.3 is 9.64 Å². The van der Waals surface area contributed by atoms with Crippen LogP contribution in [0, 0.1) is 6.92 Å². The number of anilines is 1. The zero-order chi connectivity index (χ0) is 21.3. The second-order valence-corrected chi connectivity index (χ2v) is 9.12. The Hall–Kier alpha value is -3.56. The highest BCUT2D eigenvalue weighted by atomic mass is 16.5. The predicted octanol–water partition coefficient (Wildman–Crippen LogP) is 6.57. The molecule has 0 spiro atoms. The van der Waals surface area contributed by atoms with Gasteiger partial charge in [0.25, 0.3) is 0 Å². The molecular weight excluding hydrogens is 392 g/mol. The van der Waals surface area contributed by atoms with E-state index in [4.69, 9.17) is 4.74 Å². The van der Waals surface area contributed by atoms with Gasteiger partial charge in [-0.25, -0.2) is 0 Å². The molecule has 3 heteroatoms. The molecule has 0 saturated carbocycles. The van der Waals surface area contributed by atoms with Crippen LogP contribution in [-0.2, 0) is 5.54 Å². The normalized spacial score (nSPS) is 26.8. The summed E-state index contributed by atoms with van der Waals surface area (Å²) in [6, 6.07) is 37.2. The van der Waals surface area contributed by atoms with Crippen LogP contribution in [0.3, 0.4) is 0 Å². The molecule has 4 atom stereocenters. The maximum absolute atomic E-state index is 6.53. The van der Waals surface area contributed by atoms with E-state index in [1.54, 1.807) is 0 Å². The van der Waals surface area contributed by atoms with Crippen LogP contribution in [0.15, 0.2) is 103 Å². The third-order valence-corrected chi connectivity index (χ3v) is 7.34. The Bertz CT molecular complexity index is 1320. The van der Waals surface area contributed by atoms with E-state index in [2.05, 4.69) is 120 Å². The van der Waals surface area contributed by atoms with Crippen LogP contribution in [0.1, 0.15) is 34.5 Å². The number of para-hydroxylation sites is 3. The van der Waals surface area contributed by atoms with Crippen molar-refractivity contribution in [3.8, 4) is 11.5 Å². The number of hydrogen-bond acceptors (Lipinski definition) is 3. The monoisotopic (exact) mass is 416 g/mol. The van der Waals surface area contributed by atoms with Gasteiger partial charge >= 0.3 is 0 Å². The molecular formula is C29H24N2O. The molecule has 4 aromatic rings. The summed E-state index contributed by atoms with van der Waals surface area (Å²) in [6.45, 7) is 3.19. The highest BCUT2D eigenvalue weighted by Gasteiger charge is 2.71. The molecule has 3 nitrogen and oxygen atoms in total. The first-order valence-electron chi connectivity index (χ1n) is 11.3. The average Bonchev–Trinajstić information content (AvgIpc) is 3.53. The number of rotatable bonds is 2. The van der Waals surface area contributed by atoms with Crippen molar-refractivity contribution in [2.75, 3.05) is 11.4 Å². The second kappa shape index (κ2) is 6.47. The van der Waals surface area contributed by atoms with Crippen LogP contribution < -0.4 is 9.64 Å². The Morgan fingerprint density at radius 2 is 1.44 bits per heavy atom. The fourth-order valence-electron chi connectivity index (χ4n) is 5.87. The molecule has 2 saturated heterocycles. The van der Waals surface area contributed by atoms with Crippen molar-refractivity contribution in [3.05, 3.63) is 125 Å². The molecule has 0 N–H and O–H groups in total. The van der Waals surface area contributed by atoms with Crippen LogP contribution in [-0.4, -0.2) is 11.4 Å². The first-order chi connectivity index (χ1) is 15.8. The predicted molar refractivity (Wildman–Crippen MR) is 127 cm³/mol. The maximum Gasteiger partial charge on any atom is 0.150 e. The van der Waals surface area contributed by atoms with E-state index in [9.17, 15) is 0 Å². The molecule has 0 bridgehead atoms. The van der Waals surface area contributed by atoms with Gasteiger partial charge in [-0.3, -0.25) is 4.90 Å². The SMILES string of the molecule is Cc1ccc([C@]23CN2[C@@H](c2ccccc2)N2c4ccccc4Oc4ccccc4[C@H]23)cc1. The van der Waals surface area contributed by atoms with Gasteiger partial charge in [0, 0.05) is 12.1 Å². The molecule has 7 rings (SSSR count). The van der Waals surface area contributed by atoms with Crippen molar-refractivity contribution in [1.29, 1.82) is 0 Å². The standard InChI is InChI=1S/C29H24N2O/c1-20-15-17-22(18-16-20)29-19-30(29)28(21-9-3-2-4-10-21)31-24-12-6-8-14-26(24)32-25-13-7-5-11-23(25)27(29)31/h2-18,27-28H,19H2,1H3/t27-,28+,29-,30?/m0/s1. The van der Waals surface area contributed by atoms with Crippen molar-refractivity contribution in [2.24, 2.45) is 0 Å². The second-order valence-electron chi connectivity index (χ2n) is 9.12. The highest BCUT2D eigenvalue weighted by molar-refractivity contribution is 5.69. The summed E-state index contributed by atoms with van der Waals surface area (Å²) < 4.78 is 6.53. The van der Waals surface area contributed by atoms with Gasteiger partial charge in [0.1, 0.15) is 11.9 Å². The largest absolute Gasteiger partial charge is 0.455 e. The van der Waals surface area contributed by atoms with Crippen molar-refractivity contribution in [2.45, 2.75) is 24.7 Å². The third kappa shape index (κ3) is 2.34. The Morgan fingerprint density at radius 3 is 2.25 bits per heavy atom. The third-order valence-electron chi connectivity index (χ3n) is 7.34. The summed E-state index contributed by atoms with van der Waals surface area (Å²) in [5.41, 5.74) is 6.32. The van der Waals surface area contributed by atoms with Gasteiger partial charge in [-0.1, -0.05) is 90.5 Å². The number of nitrogens with zero attached hydrogens (tertiary/aromatic N) is 2. The van der Waals surface area contributed by atoms with E-state index in [-0.39, 0.29) is 17.7 Å². The Labute approximate surface area is 188 Å². The lowest BCUT2D eigenvalue weighted by Crippen LogP contribution is -2.34. The number of ether oxygens (including phenoxy) is 1. The molecule has 3 aliphatic rings. The molecule has 156 valence electrons. The fraction of sp³-hybridized carbons (Fsp3) is 0.172. The van der Waals surface area contributed by atoms with Crippen molar-refractivity contribution < 1.29 is 4.74 Å². The van der Waals surface area contributed by atoms with Gasteiger partial charge in [0.15, 0.2) is 5.75 Å². The zero-order valence-electron chi connectivity index (χ0n) is 18.0. The topological polar surface area (TPSA) is 15.5 Å². The van der Waals surface area contributed by atoms with Crippen LogP contribution >= 0.6 is 0 Å². The van der Waals surface area contributed by atoms with E-state index in [0.29, 0.717) is 0 Å². The molecule has 32 heavy (non-hydrogen) atoms. The highest BCUT2D eigenvalue weighted by Crippen LogP contribution is 2.69. The first kappa shape index (κ1) is 18.1. The number of fused-ring (bicyclic) bond motifs is 7. The van der Waals surface area contributed by atoms with E-state index in [0.717, 1.165) is 23.7 Å². The van der Waals surface area contributed by atoms with Gasteiger partial charge in [-0.15, -0.1) is 0 Å². The Balaban J connectivity index is 1.52. The van der Waals surface area contributed by atoms with Crippen LogP contribution in [0.5, 0.6) is 11.5 Å². The number of benzene rings is 4. The zero-order valence-corrected chi connectivity index (χ0v) is 18.0. The fourth-order valence-corrected chi connectivity index (χ4v) is 5.87. The van der Waals surface area contributed by atoms with E-state index in [1.165, 1.54) is 22.3 Å². The quantitative estimate of drug-likeness (QED) is 0.344. The summed E-state index contributed by atoms with van der Waals surface area (Å²) in [6.07, 6.45) is 0.151. The smallest absolute Gasteiger partial charge is 0.150 e. The van der Waals surface area contributed by atoms with E-state index in [1.807, 2.05) is 0 Å². The van der Waals surface area contributed by atoms with Crippen molar-refractivity contribution in [1.82, 2.24) is 4.90 Å². The molecule has 3 heterocycles. The minimum absolute atomic E-state index is 0.0783. The molecule has 1 unspecified atom stereocenters. The summed E-state index contributed by atoms with van der Waals surface area (Å²) >= 11 is 0. The van der Waals surface area contributed by atoms with Gasteiger partial charge in [-0.2, -0.15) is 0 Å². The first-order valence-corrected chi connectivity index (χ1v) is 11.3. The summed E-state index contributed by atoms with van der Waals surface area (Å²) in [5.74, 6) is 1.88. The lowest BCUT2D eigenvalue weighted by Gasteiger charge is -2.35. The lowest BCUT2D eigenvalue weighted by atomic mass is 9.85. The molecule has 3 aliphatic heterocycles. The molecule has 4 aromatic carbocycles. The van der Waals surface area contributed by atoms with Gasteiger partial charge in [-0.05, 0) is 36.2 Å². The summed E-state index contributed by atoms with van der Waals surface area (Å²) in [4.78, 5) is 5.26. The molecule has 0 aromatic heterocycles. The lowest BCUT2D eigenvalue weighted by molar-refractivity contribution is 0.399. The van der Waals surface area contributed by atoms with Gasteiger partial charge in [0.05, 0.1) is 17.3 Å². The summed E-state index contributed by atoms with van der Waals surface area (Å²) in [5, 5.41) is 0. The van der Waals surface area contributed by atoms with Crippen LogP contribution in [0.4, 0.5) is 5.69 Å². The van der Waals surface area contributed by atoms with Crippen LogP contribution in [0.25, 0.3) is 0 Å².